The highest BCUT2D eigenvalue weighted by Crippen LogP contribution is 2.30. The Labute approximate surface area is 175 Å². The monoisotopic (exact) mass is 426 g/mol. The molecule has 3 aromatic rings. The van der Waals surface area contributed by atoms with Crippen molar-refractivity contribution < 1.29 is 13.2 Å². The summed E-state index contributed by atoms with van der Waals surface area (Å²) in [6.07, 6.45) is 0.362. The van der Waals surface area contributed by atoms with Gasteiger partial charge in [0.05, 0.1) is 0 Å². The van der Waals surface area contributed by atoms with E-state index in [0.717, 1.165) is 22.3 Å². The molecule has 0 radical (unpaired) electrons. The highest BCUT2D eigenvalue weighted by molar-refractivity contribution is 7.91. The van der Waals surface area contributed by atoms with Crippen LogP contribution in [-0.2, 0) is 34.3 Å². The number of rotatable bonds is 5. The van der Waals surface area contributed by atoms with Gasteiger partial charge in [0.2, 0.25) is 5.91 Å². The Kier molecular flexibility index (Phi) is 5.54. The number of carbonyl (C=O) groups excluding carboxylic acids is 1. The van der Waals surface area contributed by atoms with Crippen LogP contribution in [0.5, 0.6) is 0 Å². The van der Waals surface area contributed by atoms with Gasteiger partial charge in [-0.3, -0.25) is 4.79 Å². The zero-order valence-corrected chi connectivity index (χ0v) is 17.7. The van der Waals surface area contributed by atoms with E-state index in [1.165, 1.54) is 15.6 Å². The summed E-state index contributed by atoms with van der Waals surface area (Å²) in [4.78, 5) is 13.1. The van der Waals surface area contributed by atoms with E-state index >= 15 is 0 Å². The number of sulfonamides is 1. The molecule has 5 nitrogen and oxygen atoms in total. The van der Waals surface area contributed by atoms with Crippen molar-refractivity contribution in [3.8, 4) is 0 Å². The first-order chi connectivity index (χ1) is 13.9. The molecule has 7 heteroatoms. The van der Waals surface area contributed by atoms with Crippen LogP contribution in [0.4, 0.5) is 0 Å². The normalized spacial score (nSPS) is 16.9. The van der Waals surface area contributed by atoms with Gasteiger partial charge < -0.3 is 5.32 Å². The summed E-state index contributed by atoms with van der Waals surface area (Å²) in [5.41, 5.74) is 4.08. The molecule has 0 aliphatic carbocycles. The van der Waals surface area contributed by atoms with E-state index in [-0.39, 0.29) is 16.7 Å². The van der Waals surface area contributed by atoms with Gasteiger partial charge in [0.25, 0.3) is 10.0 Å². The predicted octanol–water partition coefficient (Wildman–Crippen LogP) is 3.49. The molecular weight excluding hydrogens is 404 g/mol. The van der Waals surface area contributed by atoms with E-state index in [9.17, 15) is 13.2 Å². The number of hydrogen-bond acceptors (Lipinski definition) is 4. The van der Waals surface area contributed by atoms with Crippen molar-refractivity contribution in [2.75, 3.05) is 0 Å². The molecule has 1 aromatic heterocycles. The Morgan fingerprint density at radius 3 is 2.48 bits per heavy atom. The van der Waals surface area contributed by atoms with Crippen molar-refractivity contribution in [3.63, 3.8) is 0 Å². The molecule has 150 valence electrons. The number of thiophene rings is 1. The predicted molar refractivity (Wildman–Crippen MR) is 114 cm³/mol. The second-order valence-electron chi connectivity index (χ2n) is 7.17. The number of aryl methyl sites for hydroxylation is 1. The number of carbonyl (C=O) groups is 1. The maximum atomic E-state index is 13.2. The zero-order valence-electron chi connectivity index (χ0n) is 16.0. The summed E-state index contributed by atoms with van der Waals surface area (Å²) in [6, 6.07) is 18.1. The lowest BCUT2D eigenvalue weighted by Crippen LogP contribution is -2.52. The quantitative estimate of drug-likeness (QED) is 0.679. The molecule has 0 bridgehead atoms. The molecule has 1 unspecified atom stereocenters. The van der Waals surface area contributed by atoms with Crippen LogP contribution in [0.25, 0.3) is 0 Å². The van der Waals surface area contributed by atoms with Gasteiger partial charge in [0, 0.05) is 13.1 Å². The standard InChI is InChI=1S/C22H22N2O3S2/c1-16-8-10-17(11-9-16)14-23-22(25)20-13-18-5-2-3-6-19(18)15-24(20)29(26,27)21-7-4-12-28-21/h2-12,20H,13-15H2,1H3,(H,23,25). The number of amides is 1. The Balaban J connectivity index is 1.61. The Morgan fingerprint density at radius 1 is 1.07 bits per heavy atom. The van der Waals surface area contributed by atoms with Crippen molar-refractivity contribution in [2.45, 2.75) is 36.7 Å². The molecule has 1 aliphatic heterocycles. The average molecular weight is 427 g/mol. The molecule has 0 spiro atoms. The van der Waals surface area contributed by atoms with E-state index < -0.39 is 16.1 Å². The largest absolute Gasteiger partial charge is 0.351 e. The Hall–Kier alpha value is -2.48. The SMILES string of the molecule is Cc1ccc(CNC(=O)C2Cc3ccccc3CN2S(=O)(=O)c2cccs2)cc1. The topological polar surface area (TPSA) is 66.5 Å². The number of hydrogen-bond donors (Lipinski definition) is 1. The average Bonchev–Trinajstić information content (AvgIpc) is 3.28. The summed E-state index contributed by atoms with van der Waals surface area (Å²) in [7, 11) is -3.75. The first kappa shape index (κ1) is 19.8. The van der Waals surface area contributed by atoms with E-state index in [2.05, 4.69) is 5.32 Å². The van der Waals surface area contributed by atoms with E-state index in [1.54, 1.807) is 17.5 Å². The van der Waals surface area contributed by atoms with Crippen LogP contribution in [0.3, 0.4) is 0 Å². The van der Waals surface area contributed by atoms with Crippen LogP contribution in [0.2, 0.25) is 0 Å². The lowest BCUT2D eigenvalue weighted by atomic mass is 9.95. The fourth-order valence-electron chi connectivity index (χ4n) is 3.51. The highest BCUT2D eigenvalue weighted by Gasteiger charge is 2.39. The number of nitrogens with one attached hydrogen (secondary N) is 1. The second kappa shape index (κ2) is 8.10. The summed E-state index contributed by atoms with van der Waals surface area (Å²) < 4.78 is 28.1. The third-order valence-electron chi connectivity index (χ3n) is 5.15. The number of nitrogens with zero attached hydrogens (tertiary/aromatic N) is 1. The molecule has 29 heavy (non-hydrogen) atoms. The second-order valence-corrected chi connectivity index (χ2v) is 10.2. The minimum atomic E-state index is -3.75. The van der Waals surface area contributed by atoms with Crippen molar-refractivity contribution >= 4 is 27.3 Å². The van der Waals surface area contributed by atoms with Crippen molar-refractivity contribution in [1.82, 2.24) is 9.62 Å². The lowest BCUT2D eigenvalue weighted by molar-refractivity contribution is -0.125. The molecule has 1 atom stereocenters. The van der Waals surface area contributed by atoms with Crippen LogP contribution in [0, 0.1) is 6.92 Å². The first-order valence-electron chi connectivity index (χ1n) is 9.40. The van der Waals surface area contributed by atoms with Crippen LogP contribution < -0.4 is 5.32 Å². The summed E-state index contributed by atoms with van der Waals surface area (Å²) in [5.74, 6) is -0.278. The number of fused-ring (bicyclic) bond motifs is 1. The molecule has 1 N–H and O–H groups in total. The van der Waals surface area contributed by atoms with E-state index in [1.807, 2.05) is 55.5 Å². The summed E-state index contributed by atoms with van der Waals surface area (Å²) >= 11 is 1.17. The molecule has 1 amide bonds. The van der Waals surface area contributed by atoms with Crippen LogP contribution in [0.1, 0.15) is 22.3 Å². The highest BCUT2D eigenvalue weighted by atomic mass is 32.2. The van der Waals surface area contributed by atoms with Crippen molar-refractivity contribution in [1.29, 1.82) is 0 Å². The van der Waals surface area contributed by atoms with Gasteiger partial charge in [0.15, 0.2) is 0 Å². The molecule has 0 saturated carbocycles. The Morgan fingerprint density at radius 2 is 1.79 bits per heavy atom. The molecule has 1 aliphatic rings. The zero-order chi connectivity index (χ0) is 20.4. The maximum Gasteiger partial charge on any atom is 0.253 e. The fourth-order valence-corrected chi connectivity index (χ4v) is 6.20. The minimum Gasteiger partial charge on any atom is -0.351 e. The minimum absolute atomic E-state index is 0.193. The third-order valence-corrected chi connectivity index (χ3v) is 8.38. The van der Waals surface area contributed by atoms with Gasteiger partial charge in [-0.05, 0) is 41.5 Å². The van der Waals surface area contributed by atoms with Crippen LogP contribution >= 0.6 is 11.3 Å². The molecule has 0 saturated heterocycles. The van der Waals surface area contributed by atoms with Gasteiger partial charge in [0.1, 0.15) is 10.3 Å². The molecule has 2 heterocycles. The lowest BCUT2D eigenvalue weighted by Gasteiger charge is -2.34. The summed E-state index contributed by atoms with van der Waals surface area (Å²) in [6.45, 7) is 2.57. The number of benzene rings is 2. The van der Waals surface area contributed by atoms with Gasteiger partial charge in [-0.25, -0.2) is 8.42 Å². The maximum absolute atomic E-state index is 13.2. The van der Waals surface area contributed by atoms with Crippen LogP contribution in [0.15, 0.2) is 70.3 Å². The molecule has 2 aromatic carbocycles. The van der Waals surface area contributed by atoms with Gasteiger partial charge in [-0.1, -0.05) is 60.2 Å². The van der Waals surface area contributed by atoms with E-state index in [0.29, 0.717) is 13.0 Å². The van der Waals surface area contributed by atoms with Crippen molar-refractivity contribution in [3.05, 3.63) is 88.3 Å². The molecule has 0 fully saturated rings. The van der Waals surface area contributed by atoms with Gasteiger partial charge in [-0.2, -0.15) is 4.31 Å². The molecule has 4 rings (SSSR count). The smallest absolute Gasteiger partial charge is 0.253 e. The summed E-state index contributed by atoms with van der Waals surface area (Å²) in [5, 5.41) is 4.66. The van der Waals surface area contributed by atoms with Crippen molar-refractivity contribution in [2.24, 2.45) is 0 Å². The van der Waals surface area contributed by atoms with Gasteiger partial charge >= 0.3 is 0 Å². The third kappa shape index (κ3) is 4.12. The van der Waals surface area contributed by atoms with E-state index in [4.69, 9.17) is 0 Å². The van der Waals surface area contributed by atoms with Crippen LogP contribution in [-0.4, -0.2) is 24.7 Å². The fraction of sp³-hybridized carbons (Fsp3) is 0.227. The Bertz CT molecular complexity index is 1110. The van der Waals surface area contributed by atoms with Gasteiger partial charge in [-0.15, -0.1) is 11.3 Å². The molecular formula is C22H22N2O3S2. The first-order valence-corrected chi connectivity index (χ1v) is 11.7.